The largest absolute Gasteiger partial charge is 0.299 e. The van der Waals surface area contributed by atoms with Gasteiger partial charge in [0, 0.05) is 25.6 Å². The SMILES string of the molecule is C=C(c1c(C)cc(C)cc1C)P(C(=O)c1c(C)cc(C)cc1C)C(C)C(=O)CC(C)(C)CCC(C)C. The molecule has 2 aromatic rings. The highest BCUT2D eigenvalue weighted by molar-refractivity contribution is 7.85. The smallest absolute Gasteiger partial charge is 0.189 e. The molecule has 0 fully saturated rings. The minimum Gasteiger partial charge on any atom is -0.299 e. The van der Waals surface area contributed by atoms with E-state index in [-0.39, 0.29) is 16.7 Å². The van der Waals surface area contributed by atoms with Crippen LogP contribution in [0.5, 0.6) is 0 Å². The zero-order valence-electron chi connectivity index (χ0n) is 24.6. The van der Waals surface area contributed by atoms with E-state index in [2.05, 4.69) is 86.2 Å². The average molecular weight is 507 g/mol. The van der Waals surface area contributed by atoms with Gasteiger partial charge in [0.2, 0.25) is 0 Å². The summed E-state index contributed by atoms with van der Waals surface area (Å²) in [7, 11) is -1.48. The number of Topliss-reactive ketones (excluding diaryl/α,β-unsaturated/α-hetero) is 1. The number of carbonyl (C=O) groups is 2. The summed E-state index contributed by atoms with van der Waals surface area (Å²) in [4.78, 5) is 28.1. The Labute approximate surface area is 221 Å². The Morgan fingerprint density at radius 2 is 1.22 bits per heavy atom. The van der Waals surface area contributed by atoms with E-state index < -0.39 is 13.6 Å². The van der Waals surface area contributed by atoms with Crippen LogP contribution in [0.1, 0.15) is 103 Å². The van der Waals surface area contributed by atoms with Crippen LogP contribution in [0.25, 0.3) is 5.31 Å². The number of hydrogen-bond donors (Lipinski definition) is 0. The number of aryl methyl sites for hydroxylation is 6. The molecule has 0 heterocycles. The van der Waals surface area contributed by atoms with E-state index in [1.54, 1.807) is 0 Å². The summed E-state index contributed by atoms with van der Waals surface area (Å²) < 4.78 is 0. The van der Waals surface area contributed by atoms with Crippen molar-refractivity contribution in [2.75, 3.05) is 0 Å². The van der Waals surface area contributed by atoms with Crippen LogP contribution < -0.4 is 0 Å². The second-order valence-electron chi connectivity index (χ2n) is 12.1. The number of ketones is 1. The van der Waals surface area contributed by atoms with Gasteiger partial charge in [-0.05, 0) is 92.4 Å². The predicted molar refractivity (Wildman–Crippen MR) is 159 cm³/mol. The molecule has 0 amide bonds. The molecule has 0 aromatic heterocycles. The molecular formula is C33H47O2P. The van der Waals surface area contributed by atoms with Gasteiger partial charge >= 0.3 is 0 Å². The van der Waals surface area contributed by atoms with Gasteiger partial charge < -0.3 is 0 Å². The molecule has 2 atom stereocenters. The first-order chi connectivity index (χ1) is 16.6. The lowest BCUT2D eigenvalue weighted by Crippen LogP contribution is -2.26. The molecule has 0 radical (unpaired) electrons. The van der Waals surface area contributed by atoms with Crippen molar-refractivity contribution in [1.29, 1.82) is 0 Å². The maximum absolute atomic E-state index is 14.3. The Balaban J connectivity index is 2.58. The van der Waals surface area contributed by atoms with E-state index in [9.17, 15) is 9.59 Å². The molecule has 2 nitrogen and oxygen atoms in total. The lowest BCUT2D eigenvalue weighted by Gasteiger charge is -2.31. The van der Waals surface area contributed by atoms with Crippen LogP contribution in [-0.4, -0.2) is 17.0 Å². The maximum Gasteiger partial charge on any atom is 0.189 e. The maximum atomic E-state index is 14.3. The predicted octanol–water partition coefficient (Wildman–Crippen LogP) is 9.64. The summed E-state index contributed by atoms with van der Waals surface area (Å²) in [5, 5.41) is 0.824. The molecule has 0 N–H and O–H groups in total. The molecule has 0 aliphatic rings. The quantitative estimate of drug-likeness (QED) is 0.284. The zero-order chi connectivity index (χ0) is 27.5. The van der Waals surface area contributed by atoms with Crippen LogP contribution in [0.3, 0.4) is 0 Å². The van der Waals surface area contributed by atoms with Crippen molar-refractivity contribution >= 4 is 24.5 Å². The first-order valence-electron chi connectivity index (χ1n) is 13.3. The zero-order valence-corrected chi connectivity index (χ0v) is 25.5. The fraction of sp³-hybridized carbons (Fsp3) is 0.515. The number of carbonyl (C=O) groups excluding carboxylic acids is 2. The molecule has 0 aliphatic carbocycles. The monoisotopic (exact) mass is 506 g/mol. The Morgan fingerprint density at radius 1 is 0.806 bits per heavy atom. The Morgan fingerprint density at radius 3 is 1.64 bits per heavy atom. The minimum atomic E-state index is -1.48. The third-order valence-electron chi connectivity index (χ3n) is 7.27. The van der Waals surface area contributed by atoms with Crippen molar-refractivity contribution in [3.63, 3.8) is 0 Å². The van der Waals surface area contributed by atoms with Crippen molar-refractivity contribution in [3.8, 4) is 0 Å². The van der Waals surface area contributed by atoms with Crippen LogP contribution in [-0.2, 0) is 4.79 Å². The first kappa shape index (κ1) is 30.2. The molecule has 0 aliphatic heterocycles. The van der Waals surface area contributed by atoms with Crippen molar-refractivity contribution in [1.82, 2.24) is 0 Å². The number of rotatable bonds is 11. The normalized spacial score (nSPS) is 13.6. The van der Waals surface area contributed by atoms with Gasteiger partial charge in [0.1, 0.15) is 5.78 Å². The Hall–Kier alpha value is -2.05. The van der Waals surface area contributed by atoms with Gasteiger partial charge in [-0.2, -0.15) is 0 Å². The van der Waals surface area contributed by atoms with E-state index >= 15 is 0 Å². The van der Waals surface area contributed by atoms with Crippen molar-refractivity contribution in [2.45, 2.75) is 101 Å². The van der Waals surface area contributed by atoms with Crippen molar-refractivity contribution in [2.24, 2.45) is 11.3 Å². The van der Waals surface area contributed by atoms with Gasteiger partial charge in [0.15, 0.2) is 5.52 Å². The summed E-state index contributed by atoms with van der Waals surface area (Å²) in [6.45, 7) is 27.6. The third-order valence-corrected chi connectivity index (χ3v) is 9.80. The average Bonchev–Trinajstić information content (AvgIpc) is 2.70. The van der Waals surface area contributed by atoms with E-state index in [0.29, 0.717) is 12.3 Å². The molecule has 0 saturated heterocycles. The van der Waals surface area contributed by atoms with E-state index in [0.717, 1.165) is 57.1 Å². The summed E-state index contributed by atoms with van der Waals surface area (Å²) in [6, 6.07) is 8.44. The molecule has 2 rings (SSSR count). The van der Waals surface area contributed by atoms with Crippen LogP contribution in [0, 0.1) is 52.9 Å². The Kier molecular flexibility index (Phi) is 10.1. The molecule has 196 valence electrons. The Bertz CT molecular complexity index is 1040. The fourth-order valence-corrected chi connectivity index (χ4v) is 8.09. The third kappa shape index (κ3) is 7.25. The van der Waals surface area contributed by atoms with E-state index in [1.807, 2.05) is 20.8 Å². The highest BCUT2D eigenvalue weighted by Gasteiger charge is 2.37. The minimum absolute atomic E-state index is 0.0743. The van der Waals surface area contributed by atoms with Crippen LogP contribution in [0.15, 0.2) is 30.8 Å². The molecule has 2 aromatic carbocycles. The summed E-state index contributed by atoms with van der Waals surface area (Å²) >= 11 is 0. The highest BCUT2D eigenvalue weighted by atomic mass is 31.1. The molecule has 3 heteroatoms. The molecule has 0 saturated carbocycles. The van der Waals surface area contributed by atoms with Gasteiger partial charge in [-0.3, -0.25) is 9.59 Å². The van der Waals surface area contributed by atoms with Crippen LogP contribution >= 0.6 is 7.92 Å². The molecule has 2 unspecified atom stereocenters. The second-order valence-corrected chi connectivity index (χ2v) is 14.5. The standard InChI is InChI=1S/C33H47O2P/c1-20(2)13-14-33(11,12)19-29(34)27(9)36(28(10)30-23(5)15-21(3)16-24(30)6)32(35)31-25(7)17-22(4)18-26(31)8/h15-18,20,27H,10,13-14,19H2,1-9,11-12H3. The molecule has 0 bridgehead atoms. The van der Waals surface area contributed by atoms with Gasteiger partial charge in [0.25, 0.3) is 0 Å². The van der Waals surface area contributed by atoms with Gasteiger partial charge in [0.05, 0.1) is 0 Å². The molecule has 36 heavy (non-hydrogen) atoms. The van der Waals surface area contributed by atoms with Gasteiger partial charge in [-0.25, -0.2) is 0 Å². The second kappa shape index (κ2) is 12.0. The lowest BCUT2D eigenvalue weighted by atomic mass is 9.80. The number of hydrogen-bond acceptors (Lipinski definition) is 2. The first-order valence-corrected chi connectivity index (χ1v) is 14.7. The summed E-state index contributed by atoms with van der Waals surface area (Å²) in [6.07, 6.45) is 2.58. The lowest BCUT2D eigenvalue weighted by molar-refractivity contribution is -0.120. The van der Waals surface area contributed by atoms with Crippen molar-refractivity contribution < 1.29 is 9.59 Å². The van der Waals surface area contributed by atoms with E-state index in [1.165, 1.54) is 5.56 Å². The molecular weight excluding hydrogens is 459 g/mol. The van der Waals surface area contributed by atoms with Gasteiger partial charge in [-0.15, -0.1) is 0 Å². The molecule has 0 spiro atoms. The van der Waals surface area contributed by atoms with Gasteiger partial charge in [-0.1, -0.05) is 83.0 Å². The van der Waals surface area contributed by atoms with Crippen LogP contribution in [0.4, 0.5) is 0 Å². The summed E-state index contributed by atoms with van der Waals surface area (Å²) in [5.41, 5.74) is 7.92. The van der Waals surface area contributed by atoms with Crippen molar-refractivity contribution in [3.05, 3.63) is 75.4 Å². The van der Waals surface area contributed by atoms with E-state index in [4.69, 9.17) is 0 Å². The topological polar surface area (TPSA) is 34.1 Å². The summed E-state index contributed by atoms with van der Waals surface area (Å²) in [5.74, 6) is 0.782. The fourth-order valence-electron chi connectivity index (χ4n) is 5.46. The van der Waals surface area contributed by atoms with Crippen LogP contribution in [0.2, 0.25) is 0 Å². The number of benzene rings is 2. The highest BCUT2D eigenvalue weighted by Crippen LogP contribution is 2.58.